The Morgan fingerprint density at radius 3 is 2.12 bits per heavy atom. The van der Waals surface area contributed by atoms with Crippen molar-refractivity contribution in [1.29, 1.82) is 5.26 Å². The van der Waals surface area contributed by atoms with Crippen molar-refractivity contribution in [3.8, 4) is 6.07 Å². The Morgan fingerprint density at radius 2 is 1.75 bits per heavy atom. The Balaban J connectivity index is 2.95. The lowest BCUT2D eigenvalue weighted by molar-refractivity contribution is -0.0732. The molecule has 0 aromatic rings. The van der Waals surface area contributed by atoms with Gasteiger partial charge in [-0.25, -0.2) is 0 Å². The van der Waals surface area contributed by atoms with Gasteiger partial charge in [-0.2, -0.15) is 5.26 Å². The van der Waals surface area contributed by atoms with Crippen LogP contribution in [0.5, 0.6) is 0 Å². The third-order valence-corrected chi connectivity index (χ3v) is 4.31. The van der Waals surface area contributed by atoms with Gasteiger partial charge in [0.15, 0.2) is 0 Å². The number of hydrogen-bond donors (Lipinski definition) is 1. The van der Waals surface area contributed by atoms with Gasteiger partial charge in [-0.3, -0.25) is 0 Å². The second-order valence-corrected chi connectivity index (χ2v) is 5.24. The fourth-order valence-electron chi connectivity index (χ4n) is 3.18. The van der Waals surface area contributed by atoms with Crippen molar-refractivity contribution < 1.29 is 5.11 Å². The Labute approximate surface area is 99.7 Å². The van der Waals surface area contributed by atoms with Crippen molar-refractivity contribution in [1.82, 2.24) is 0 Å². The molecule has 1 fully saturated rings. The maximum atomic E-state index is 10.8. The van der Waals surface area contributed by atoms with Crippen molar-refractivity contribution >= 4 is 0 Å². The Bertz CT molecular complexity index is 248. The summed E-state index contributed by atoms with van der Waals surface area (Å²) in [5, 5.41) is 20.3. The first-order valence-electron chi connectivity index (χ1n) is 6.78. The van der Waals surface area contributed by atoms with Gasteiger partial charge in [0.2, 0.25) is 0 Å². The van der Waals surface area contributed by atoms with Gasteiger partial charge in [0.1, 0.15) is 0 Å². The van der Waals surface area contributed by atoms with E-state index in [2.05, 4.69) is 13.0 Å². The Kier molecular flexibility index (Phi) is 4.80. The Morgan fingerprint density at radius 1 is 1.19 bits per heavy atom. The third kappa shape index (κ3) is 2.40. The van der Waals surface area contributed by atoms with Crippen LogP contribution in [0.15, 0.2) is 0 Å². The van der Waals surface area contributed by atoms with Gasteiger partial charge in [-0.15, -0.1) is 0 Å². The van der Waals surface area contributed by atoms with Gasteiger partial charge in [0.25, 0.3) is 0 Å². The van der Waals surface area contributed by atoms with E-state index in [-0.39, 0.29) is 0 Å². The smallest absolute Gasteiger partial charge is 0.0860 e. The van der Waals surface area contributed by atoms with Crippen LogP contribution in [0.2, 0.25) is 0 Å². The lowest BCUT2D eigenvalue weighted by Gasteiger charge is -2.42. The topological polar surface area (TPSA) is 44.0 Å². The summed E-state index contributed by atoms with van der Waals surface area (Å²) in [7, 11) is 0. The van der Waals surface area contributed by atoms with E-state index in [0.29, 0.717) is 6.42 Å². The summed E-state index contributed by atoms with van der Waals surface area (Å²) in [6, 6.07) is 2.48. The lowest BCUT2D eigenvalue weighted by atomic mass is 9.65. The van der Waals surface area contributed by atoms with Gasteiger partial charge < -0.3 is 5.11 Å². The van der Waals surface area contributed by atoms with Crippen LogP contribution in [0.25, 0.3) is 0 Å². The molecule has 0 heterocycles. The maximum absolute atomic E-state index is 10.8. The molecule has 1 aliphatic rings. The van der Waals surface area contributed by atoms with Gasteiger partial charge in [0.05, 0.1) is 17.1 Å². The van der Waals surface area contributed by atoms with Crippen molar-refractivity contribution in [2.45, 2.75) is 77.2 Å². The van der Waals surface area contributed by atoms with Gasteiger partial charge >= 0.3 is 0 Å². The van der Waals surface area contributed by atoms with Crippen LogP contribution in [0, 0.1) is 16.7 Å². The lowest BCUT2D eigenvalue weighted by Crippen LogP contribution is -2.47. The molecule has 0 saturated heterocycles. The number of nitriles is 1. The molecule has 0 aliphatic heterocycles. The second-order valence-electron chi connectivity index (χ2n) is 5.24. The molecule has 1 rings (SSSR count). The normalized spacial score (nSPS) is 24.1. The molecule has 1 atom stereocenters. The van der Waals surface area contributed by atoms with Crippen molar-refractivity contribution in [2.75, 3.05) is 0 Å². The zero-order valence-electron chi connectivity index (χ0n) is 10.8. The minimum Gasteiger partial charge on any atom is -0.388 e. The molecule has 1 N–H and O–H groups in total. The average molecular weight is 223 g/mol. The third-order valence-electron chi connectivity index (χ3n) is 4.31. The monoisotopic (exact) mass is 223 g/mol. The summed E-state index contributed by atoms with van der Waals surface area (Å²) in [6.45, 7) is 4.10. The van der Waals surface area contributed by atoms with Crippen LogP contribution in [0.1, 0.15) is 71.6 Å². The highest BCUT2D eigenvalue weighted by molar-refractivity contribution is 5.11. The van der Waals surface area contributed by atoms with Gasteiger partial charge in [-0.05, 0) is 25.7 Å². The molecule has 1 saturated carbocycles. The largest absolute Gasteiger partial charge is 0.388 e. The van der Waals surface area contributed by atoms with Crippen LogP contribution in [0.3, 0.4) is 0 Å². The van der Waals surface area contributed by atoms with Crippen LogP contribution in [-0.2, 0) is 0 Å². The van der Waals surface area contributed by atoms with E-state index >= 15 is 0 Å². The number of nitrogens with zero attached hydrogens (tertiary/aromatic N) is 1. The van der Waals surface area contributed by atoms with E-state index in [1.807, 2.05) is 6.92 Å². The molecule has 92 valence electrons. The van der Waals surface area contributed by atoms with E-state index in [1.165, 1.54) is 12.8 Å². The summed E-state index contributed by atoms with van der Waals surface area (Å²) < 4.78 is 0. The highest BCUT2D eigenvalue weighted by Gasteiger charge is 2.48. The zero-order valence-corrected chi connectivity index (χ0v) is 10.8. The average Bonchev–Trinajstić information content (AvgIpc) is 2.55. The molecular weight excluding hydrogens is 198 g/mol. The molecule has 0 spiro atoms. The highest BCUT2D eigenvalue weighted by Crippen LogP contribution is 2.47. The van der Waals surface area contributed by atoms with Crippen molar-refractivity contribution in [2.24, 2.45) is 5.41 Å². The first-order valence-corrected chi connectivity index (χ1v) is 6.78. The van der Waals surface area contributed by atoms with E-state index in [1.54, 1.807) is 0 Å². The highest BCUT2D eigenvalue weighted by atomic mass is 16.3. The summed E-state index contributed by atoms with van der Waals surface area (Å²) in [5.41, 5.74) is -1.24. The fraction of sp³-hybridized carbons (Fsp3) is 0.929. The molecule has 16 heavy (non-hydrogen) atoms. The van der Waals surface area contributed by atoms with E-state index in [0.717, 1.165) is 38.5 Å². The minimum absolute atomic E-state index is 0.478. The predicted molar refractivity (Wildman–Crippen MR) is 65.9 cm³/mol. The summed E-state index contributed by atoms with van der Waals surface area (Å²) in [5.74, 6) is 0. The standard InChI is InChI=1S/C14H25NO/c1-3-9-14(16,4-2)13(12-15)10-7-5-6-8-11-13/h16H,3-11H2,1-2H3. The number of rotatable bonds is 4. The second kappa shape index (κ2) is 5.68. The first kappa shape index (κ1) is 13.5. The van der Waals surface area contributed by atoms with Crippen LogP contribution in [0.4, 0.5) is 0 Å². The SMILES string of the molecule is CCCC(O)(CC)C1(C#N)CCCCCC1. The van der Waals surface area contributed by atoms with Crippen LogP contribution < -0.4 is 0 Å². The van der Waals surface area contributed by atoms with Crippen LogP contribution >= 0.6 is 0 Å². The summed E-state index contributed by atoms with van der Waals surface area (Å²) >= 11 is 0. The summed E-state index contributed by atoms with van der Waals surface area (Å²) in [6.07, 6.45) is 8.81. The van der Waals surface area contributed by atoms with E-state index in [9.17, 15) is 10.4 Å². The Hall–Kier alpha value is -0.550. The molecule has 0 bridgehead atoms. The van der Waals surface area contributed by atoms with E-state index in [4.69, 9.17) is 0 Å². The van der Waals surface area contributed by atoms with Crippen molar-refractivity contribution in [3.05, 3.63) is 0 Å². The maximum Gasteiger partial charge on any atom is 0.0860 e. The first-order chi connectivity index (χ1) is 7.64. The van der Waals surface area contributed by atoms with Crippen LogP contribution in [-0.4, -0.2) is 10.7 Å². The molecule has 0 radical (unpaired) electrons. The predicted octanol–water partition coefficient (Wildman–Crippen LogP) is 3.79. The van der Waals surface area contributed by atoms with Gasteiger partial charge in [-0.1, -0.05) is 46.0 Å². The molecule has 0 amide bonds. The quantitative estimate of drug-likeness (QED) is 0.737. The molecule has 2 nitrogen and oxygen atoms in total. The zero-order chi connectivity index (χ0) is 12.1. The van der Waals surface area contributed by atoms with E-state index < -0.39 is 11.0 Å². The van der Waals surface area contributed by atoms with Gasteiger partial charge in [0, 0.05) is 0 Å². The van der Waals surface area contributed by atoms with Crippen molar-refractivity contribution in [3.63, 3.8) is 0 Å². The summed E-state index contributed by atoms with van der Waals surface area (Å²) in [4.78, 5) is 0. The number of hydrogen-bond acceptors (Lipinski definition) is 2. The molecular formula is C14H25NO. The molecule has 1 aliphatic carbocycles. The minimum atomic E-state index is -0.763. The fourth-order valence-corrected chi connectivity index (χ4v) is 3.18. The number of aliphatic hydroxyl groups is 1. The molecule has 1 unspecified atom stereocenters. The molecule has 2 heteroatoms. The molecule has 0 aromatic heterocycles. The molecule has 0 aromatic carbocycles.